The first kappa shape index (κ1) is 31.4. The number of anilines is 1. The van der Waals surface area contributed by atoms with Gasteiger partial charge in [-0.1, -0.05) is 13.0 Å². The van der Waals surface area contributed by atoms with Crippen LogP contribution >= 0.6 is 0 Å². The Morgan fingerprint density at radius 1 is 1.00 bits per heavy atom. The number of hydrogen-bond acceptors (Lipinski definition) is 7. The highest BCUT2D eigenvalue weighted by Gasteiger charge is 2.33. The van der Waals surface area contributed by atoms with E-state index in [0.717, 1.165) is 51.8 Å². The number of pyridine rings is 1. The van der Waals surface area contributed by atoms with Crippen molar-refractivity contribution >= 4 is 11.7 Å². The van der Waals surface area contributed by atoms with Crippen molar-refractivity contribution in [3.05, 3.63) is 23.9 Å². The molecule has 8 nitrogen and oxygen atoms in total. The van der Waals surface area contributed by atoms with Crippen molar-refractivity contribution in [2.24, 2.45) is 0 Å². The molecule has 37 heavy (non-hydrogen) atoms. The van der Waals surface area contributed by atoms with Gasteiger partial charge in [-0.3, -0.25) is 14.6 Å². The molecule has 0 atom stereocenters. The highest BCUT2D eigenvalue weighted by Crippen LogP contribution is 2.29. The van der Waals surface area contributed by atoms with Crippen LogP contribution in [-0.2, 0) is 20.4 Å². The Kier molecular flexibility index (Phi) is 13.2. The van der Waals surface area contributed by atoms with E-state index in [-0.39, 0.29) is 18.1 Å². The molecule has 11 heteroatoms. The summed E-state index contributed by atoms with van der Waals surface area (Å²) in [4.78, 5) is 22.1. The quantitative estimate of drug-likeness (QED) is 0.327. The molecule has 0 unspecified atom stereocenters. The van der Waals surface area contributed by atoms with Gasteiger partial charge in [0.05, 0.1) is 18.8 Å². The van der Waals surface area contributed by atoms with E-state index in [2.05, 4.69) is 14.8 Å². The van der Waals surface area contributed by atoms with Gasteiger partial charge in [-0.15, -0.1) is 0 Å². The lowest BCUT2D eigenvalue weighted by Crippen LogP contribution is -2.47. The third kappa shape index (κ3) is 12.5. The monoisotopic (exact) mass is 532 g/mol. The smallest absolute Gasteiger partial charge is 0.388 e. The first-order valence-corrected chi connectivity index (χ1v) is 13.2. The largest absolute Gasteiger partial charge is 0.433 e. The molecule has 1 saturated heterocycles. The van der Waals surface area contributed by atoms with E-state index in [1.165, 1.54) is 17.0 Å². The molecule has 2 heterocycles. The SMILES string of the molecule is CCC(=O)N(CCCCOCCCN1CCN(CCOCC(C)(C)O)CC1)c1cccc(C(F)(F)F)n1. The third-order valence-electron chi connectivity index (χ3n) is 6.06. The minimum Gasteiger partial charge on any atom is -0.388 e. The van der Waals surface area contributed by atoms with Crippen LogP contribution in [0.15, 0.2) is 18.2 Å². The molecule has 1 fully saturated rings. The number of amides is 1. The molecule has 1 aromatic heterocycles. The van der Waals surface area contributed by atoms with Crippen LogP contribution in [0.2, 0.25) is 0 Å². The first-order chi connectivity index (χ1) is 17.5. The Labute approximate surface area is 218 Å². The molecule has 0 radical (unpaired) electrons. The Morgan fingerprint density at radius 2 is 1.65 bits per heavy atom. The predicted octanol–water partition coefficient (Wildman–Crippen LogP) is 3.44. The first-order valence-electron chi connectivity index (χ1n) is 13.2. The number of hydrogen-bond donors (Lipinski definition) is 1. The second kappa shape index (κ2) is 15.6. The number of ether oxygens (including phenoxy) is 2. The molecule has 212 valence electrons. The van der Waals surface area contributed by atoms with Crippen molar-refractivity contribution in [2.75, 3.05) is 77.1 Å². The van der Waals surface area contributed by atoms with Crippen LogP contribution in [0.5, 0.6) is 0 Å². The molecule has 1 amide bonds. The van der Waals surface area contributed by atoms with Crippen LogP contribution < -0.4 is 4.90 Å². The third-order valence-corrected chi connectivity index (χ3v) is 6.06. The van der Waals surface area contributed by atoms with Crippen LogP contribution in [0, 0.1) is 0 Å². The highest BCUT2D eigenvalue weighted by molar-refractivity contribution is 5.92. The fraction of sp³-hybridized carbons (Fsp3) is 0.769. The van der Waals surface area contributed by atoms with Gasteiger partial charge in [0, 0.05) is 65.4 Å². The number of unbranched alkanes of at least 4 members (excludes halogenated alkanes) is 1. The summed E-state index contributed by atoms with van der Waals surface area (Å²) in [6.07, 6.45) is -2.10. The number of aromatic nitrogens is 1. The van der Waals surface area contributed by atoms with Gasteiger partial charge in [0.25, 0.3) is 0 Å². The molecule has 1 aromatic rings. The van der Waals surface area contributed by atoms with E-state index in [1.54, 1.807) is 20.8 Å². The fourth-order valence-corrected chi connectivity index (χ4v) is 4.01. The van der Waals surface area contributed by atoms with Crippen molar-refractivity contribution < 1.29 is 32.5 Å². The van der Waals surface area contributed by atoms with Gasteiger partial charge in [0.15, 0.2) is 0 Å². The molecule has 0 aromatic carbocycles. The number of piperazine rings is 1. The summed E-state index contributed by atoms with van der Waals surface area (Å²) in [5, 5.41) is 9.67. The maximum Gasteiger partial charge on any atom is 0.433 e. The topological polar surface area (TPSA) is 78.4 Å². The van der Waals surface area contributed by atoms with Gasteiger partial charge in [-0.05, 0) is 45.2 Å². The van der Waals surface area contributed by atoms with Gasteiger partial charge in [-0.25, -0.2) is 4.98 Å². The minimum atomic E-state index is -4.55. The van der Waals surface area contributed by atoms with Crippen LogP contribution in [0.25, 0.3) is 0 Å². The molecular formula is C26H43F3N4O4. The minimum absolute atomic E-state index is 0.0318. The zero-order valence-corrected chi connectivity index (χ0v) is 22.4. The summed E-state index contributed by atoms with van der Waals surface area (Å²) in [5.74, 6) is -0.223. The van der Waals surface area contributed by atoms with Gasteiger partial charge in [0.2, 0.25) is 5.91 Å². The average molecular weight is 533 g/mol. The summed E-state index contributed by atoms with van der Waals surface area (Å²) < 4.78 is 50.3. The lowest BCUT2D eigenvalue weighted by atomic mass is 10.2. The lowest BCUT2D eigenvalue weighted by Gasteiger charge is -2.34. The molecule has 1 aliphatic rings. The second-order valence-corrected chi connectivity index (χ2v) is 10.00. The van der Waals surface area contributed by atoms with Gasteiger partial charge in [-0.2, -0.15) is 13.2 Å². The zero-order valence-electron chi connectivity index (χ0n) is 22.4. The van der Waals surface area contributed by atoms with Gasteiger partial charge in [0.1, 0.15) is 11.5 Å². The normalized spacial score (nSPS) is 15.8. The second-order valence-electron chi connectivity index (χ2n) is 10.00. The molecular weight excluding hydrogens is 489 g/mol. The number of nitrogens with zero attached hydrogens (tertiary/aromatic N) is 4. The average Bonchev–Trinajstić information content (AvgIpc) is 2.85. The fourth-order valence-electron chi connectivity index (χ4n) is 4.01. The maximum atomic E-state index is 13.0. The van der Waals surface area contributed by atoms with Gasteiger partial charge < -0.3 is 19.5 Å². The molecule has 1 aliphatic heterocycles. The van der Waals surface area contributed by atoms with E-state index in [1.807, 2.05) is 0 Å². The number of carbonyl (C=O) groups excluding carboxylic acids is 1. The summed E-state index contributed by atoms with van der Waals surface area (Å²) in [6, 6.07) is 3.62. The zero-order chi connectivity index (χ0) is 27.3. The summed E-state index contributed by atoms with van der Waals surface area (Å²) in [6.45, 7) is 13.5. The number of alkyl halides is 3. The number of rotatable bonds is 16. The van der Waals surface area contributed by atoms with Gasteiger partial charge >= 0.3 is 6.18 Å². The Balaban J connectivity index is 1.56. The molecule has 0 aliphatic carbocycles. The maximum absolute atomic E-state index is 13.0. The van der Waals surface area contributed by atoms with Crippen LogP contribution in [0.4, 0.5) is 19.0 Å². The van der Waals surface area contributed by atoms with E-state index >= 15 is 0 Å². The van der Waals surface area contributed by atoms with Crippen molar-refractivity contribution in [2.45, 2.75) is 58.2 Å². The van der Waals surface area contributed by atoms with E-state index in [4.69, 9.17) is 9.47 Å². The van der Waals surface area contributed by atoms with Crippen LogP contribution in [0.1, 0.15) is 52.1 Å². The van der Waals surface area contributed by atoms with E-state index in [0.29, 0.717) is 45.8 Å². The van der Waals surface area contributed by atoms with E-state index in [9.17, 15) is 23.1 Å². The van der Waals surface area contributed by atoms with Crippen molar-refractivity contribution in [3.63, 3.8) is 0 Å². The van der Waals surface area contributed by atoms with Crippen molar-refractivity contribution in [3.8, 4) is 0 Å². The molecule has 2 rings (SSSR count). The van der Waals surface area contributed by atoms with Crippen molar-refractivity contribution in [1.29, 1.82) is 0 Å². The summed E-state index contributed by atoms with van der Waals surface area (Å²) in [5.41, 5.74) is -1.79. The highest BCUT2D eigenvalue weighted by atomic mass is 19.4. The van der Waals surface area contributed by atoms with Crippen LogP contribution in [-0.4, -0.2) is 104 Å². The number of halogens is 3. The Morgan fingerprint density at radius 3 is 2.27 bits per heavy atom. The number of aliphatic hydroxyl groups is 1. The molecule has 0 bridgehead atoms. The molecule has 1 N–H and O–H groups in total. The van der Waals surface area contributed by atoms with E-state index < -0.39 is 17.5 Å². The molecule has 0 saturated carbocycles. The standard InChI is InChI=1S/C26H43F3N4O4/c1-4-24(34)33(23-10-7-9-22(30-23)26(27,28)29)12-5-6-18-36-19-8-11-31-13-15-32(16-14-31)17-20-37-21-25(2,3)35/h7,9-10,35H,4-6,8,11-21H2,1-3H3. The predicted molar refractivity (Wildman–Crippen MR) is 137 cm³/mol. The summed E-state index contributed by atoms with van der Waals surface area (Å²) in [7, 11) is 0. The number of carbonyl (C=O) groups is 1. The van der Waals surface area contributed by atoms with Crippen LogP contribution in [0.3, 0.4) is 0 Å². The summed E-state index contributed by atoms with van der Waals surface area (Å²) >= 11 is 0. The Bertz CT molecular complexity index is 797. The Hall–Kier alpha value is -1.79. The molecule has 0 spiro atoms. The van der Waals surface area contributed by atoms with Crippen molar-refractivity contribution in [1.82, 2.24) is 14.8 Å². The lowest BCUT2D eigenvalue weighted by molar-refractivity contribution is -0.141.